The summed E-state index contributed by atoms with van der Waals surface area (Å²) < 4.78 is 13.7. The van der Waals surface area contributed by atoms with Crippen LogP contribution in [0.1, 0.15) is 18.4 Å². The van der Waals surface area contributed by atoms with Crippen LogP contribution in [0.25, 0.3) is 0 Å². The quantitative estimate of drug-likeness (QED) is 0.926. The predicted molar refractivity (Wildman–Crippen MR) is 78.3 cm³/mol. The lowest BCUT2D eigenvalue weighted by atomic mass is 9.97. The van der Waals surface area contributed by atoms with Crippen LogP contribution in [0.4, 0.5) is 4.39 Å². The minimum absolute atomic E-state index is 0.0208. The third kappa shape index (κ3) is 3.93. The molecule has 2 rings (SSSR count). The van der Waals surface area contributed by atoms with Crippen molar-refractivity contribution in [1.82, 2.24) is 10.2 Å². The summed E-state index contributed by atoms with van der Waals surface area (Å²) in [5.41, 5.74) is 0.288. The highest BCUT2D eigenvalue weighted by Gasteiger charge is 2.19. The van der Waals surface area contributed by atoms with Gasteiger partial charge >= 0.3 is 0 Å². The van der Waals surface area contributed by atoms with Gasteiger partial charge in [0.05, 0.1) is 6.42 Å². The Bertz CT molecular complexity index is 455. The third-order valence-electron chi connectivity index (χ3n) is 3.81. The second-order valence-electron chi connectivity index (χ2n) is 5.34. The monoisotopic (exact) mass is 298 g/mol. The predicted octanol–water partition coefficient (Wildman–Crippen LogP) is 2.48. The highest BCUT2D eigenvalue weighted by molar-refractivity contribution is 6.31. The fourth-order valence-electron chi connectivity index (χ4n) is 2.54. The Balaban J connectivity index is 1.93. The number of carbonyl (C=O) groups excluding carboxylic acids is 1. The van der Waals surface area contributed by atoms with Gasteiger partial charge in [-0.05, 0) is 44.0 Å². The number of rotatable bonds is 4. The number of nitrogens with one attached hydrogen (secondary N) is 1. The lowest BCUT2D eigenvalue weighted by Gasteiger charge is -2.27. The lowest BCUT2D eigenvalue weighted by Crippen LogP contribution is -2.37. The van der Waals surface area contributed by atoms with Crippen LogP contribution in [-0.4, -0.2) is 37.5 Å². The molecule has 1 aliphatic heterocycles. The van der Waals surface area contributed by atoms with Gasteiger partial charge in [-0.1, -0.05) is 17.7 Å². The number of hydrogen-bond acceptors (Lipinski definition) is 2. The Labute approximate surface area is 124 Å². The zero-order valence-electron chi connectivity index (χ0n) is 11.7. The van der Waals surface area contributed by atoms with Gasteiger partial charge in [-0.15, -0.1) is 0 Å². The van der Waals surface area contributed by atoms with E-state index < -0.39 is 5.82 Å². The minimum Gasteiger partial charge on any atom is -0.345 e. The minimum atomic E-state index is -0.416. The number of likely N-dealkylation sites (N-methyl/N-ethyl adjacent to an activating group) is 1. The van der Waals surface area contributed by atoms with E-state index in [1.807, 2.05) is 0 Å². The van der Waals surface area contributed by atoms with E-state index in [9.17, 15) is 9.18 Å². The second kappa shape index (κ2) is 7.04. The van der Waals surface area contributed by atoms with Crippen molar-refractivity contribution in [3.63, 3.8) is 0 Å². The molecule has 0 aromatic heterocycles. The molecular weight excluding hydrogens is 279 g/mol. The molecule has 1 fully saturated rings. The van der Waals surface area contributed by atoms with Gasteiger partial charge in [-0.25, -0.2) is 4.39 Å². The molecule has 0 aliphatic carbocycles. The van der Waals surface area contributed by atoms with Crippen LogP contribution in [0.5, 0.6) is 0 Å². The highest BCUT2D eigenvalue weighted by atomic mass is 35.5. The van der Waals surface area contributed by atoms with Crippen LogP contribution < -0.4 is 5.32 Å². The third-order valence-corrected chi connectivity index (χ3v) is 4.16. The molecule has 1 saturated heterocycles. The van der Waals surface area contributed by atoms with Crippen molar-refractivity contribution in [2.45, 2.75) is 19.3 Å². The SMILES string of the molecule is CN(CC1CCNCC1)C(=O)Cc1c(F)cccc1Cl. The van der Waals surface area contributed by atoms with E-state index >= 15 is 0 Å². The molecule has 1 N–H and O–H groups in total. The molecule has 110 valence electrons. The maximum atomic E-state index is 13.7. The number of hydrogen-bond donors (Lipinski definition) is 1. The van der Waals surface area contributed by atoms with Crippen LogP contribution >= 0.6 is 11.6 Å². The zero-order valence-corrected chi connectivity index (χ0v) is 12.4. The molecule has 0 atom stereocenters. The summed E-state index contributed by atoms with van der Waals surface area (Å²) in [6.07, 6.45) is 2.18. The number of halogens is 2. The first-order valence-electron chi connectivity index (χ1n) is 6.95. The number of nitrogens with zero attached hydrogens (tertiary/aromatic N) is 1. The molecule has 1 aromatic carbocycles. The standard InChI is InChI=1S/C15H20ClFN2O/c1-19(10-11-5-7-18-8-6-11)15(20)9-12-13(16)3-2-4-14(12)17/h2-4,11,18H,5-10H2,1H3. The van der Waals surface area contributed by atoms with Crippen molar-refractivity contribution in [2.75, 3.05) is 26.7 Å². The average Bonchev–Trinajstić information content (AvgIpc) is 2.44. The van der Waals surface area contributed by atoms with Gasteiger partial charge in [-0.3, -0.25) is 4.79 Å². The summed E-state index contributed by atoms with van der Waals surface area (Å²) in [6.45, 7) is 2.74. The van der Waals surface area contributed by atoms with Crippen molar-refractivity contribution in [1.29, 1.82) is 0 Å². The molecule has 1 aliphatic rings. The fraction of sp³-hybridized carbons (Fsp3) is 0.533. The van der Waals surface area contributed by atoms with Gasteiger partial charge in [-0.2, -0.15) is 0 Å². The van der Waals surface area contributed by atoms with E-state index in [1.54, 1.807) is 24.1 Å². The molecule has 3 nitrogen and oxygen atoms in total. The van der Waals surface area contributed by atoms with Crippen molar-refractivity contribution in [2.24, 2.45) is 5.92 Å². The molecule has 0 bridgehead atoms. The van der Waals surface area contributed by atoms with Crippen LogP contribution in [0.15, 0.2) is 18.2 Å². The van der Waals surface area contributed by atoms with E-state index in [0.717, 1.165) is 32.5 Å². The number of piperidine rings is 1. The van der Waals surface area contributed by atoms with E-state index in [-0.39, 0.29) is 17.9 Å². The highest BCUT2D eigenvalue weighted by Crippen LogP contribution is 2.20. The Hall–Kier alpha value is -1.13. The summed E-state index contributed by atoms with van der Waals surface area (Å²) >= 11 is 5.95. The molecule has 0 unspecified atom stereocenters. The zero-order chi connectivity index (χ0) is 14.5. The van der Waals surface area contributed by atoms with Gasteiger partial charge in [0.15, 0.2) is 0 Å². The van der Waals surface area contributed by atoms with Crippen LogP contribution in [0, 0.1) is 11.7 Å². The number of benzene rings is 1. The molecule has 1 aromatic rings. The summed E-state index contributed by atoms with van der Waals surface area (Å²) in [6, 6.07) is 4.49. The van der Waals surface area contributed by atoms with Gasteiger partial charge in [0, 0.05) is 24.2 Å². The average molecular weight is 299 g/mol. The summed E-state index contributed by atoms with van der Waals surface area (Å²) in [5.74, 6) is 0.0259. The Morgan fingerprint density at radius 1 is 1.45 bits per heavy atom. The molecule has 0 spiro atoms. The molecular formula is C15H20ClFN2O. The summed E-state index contributed by atoms with van der Waals surface area (Å²) in [5, 5.41) is 3.62. The van der Waals surface area contributed by atoms with E-state index in [2.05, 4.69) is 5.32 Å². The van der Waals surface area contributed by atoms with E-state index in [4.69, 9.17) is 11.6 Å². The largest absolute Gasteiger partial charge is 0.345 e. The van der Waals surface area contributed by atoms with Crippen LogP contribution in [0.2, 0.25) is 5.02 Å². The smallest absolute Gasteiger partial charge is 0.226 e. The summed E-state index contributed by atoms with van der Waals surface area (Å²) in [4.78, 5) is 13.9. The Kier molecular flexibility index (Phi) is 5.38. The van der Waals surface area contributed by atoms with Gasteiger partial charge in [0.1, 0.15) is 5.82 Å². The maximum absolute atomic E-state index is 13.7. The van der Waals surface area contributed by atoms with Crippen molar-refractivity contribution in [3.8, 4) is 0 Å². The van der Waals surface area contributed by atoms with Crippen LogP contribution in [-0.2, 0) is 11.2 Å². The normalized spacial score (nSPS) is 16.1. The Morgan fingerprint density at radius 3 is 2.80 bits per heavy atom. The van der Waals surface area contributed by atoms with E-state index in [1.165, 1.54) is 6.07 Å². The van der Waals surface area contributed by atoms with Gasteiger partial charge in [0.25, 0.3) is 0 Å². The van der Waals surface area contributed by atoms with Crippen LogP contribution in [0.3, 0.4) is 0 Å². The van der Waals surface area contributed by atoms with Gasteiger partial charge in [0.2, 0.25) is 5.91 Å². The molecule has 1 amide bonds. The molecule has 5 heteroatoms. The molecule has 0 radical (unpaired) electrons. The topological polar surface area (TPSA) is 32.3 Å². The first-order chi connectivity index (χ1) is 9.58. The molecule has 20 heavy (non-hydrogen) atoms. The first kappa shape index (κ1) is 15.3. The van der Waals surface area contributed by atoms with Crippen molar-refractivity contribution >= 4 is 17.5 Å². The summed E-state index contributed by atoms with van der Waals surface area (Å²) in [7, 11) is 1.78. The molecule has 1 heterocycles. The number of carbonyl (C=O) groups is 1. The maximum Gasteiger partial charge on any atom is 0.226 e. The number of amides is 1. The Morgan fingerprint density at radius 2 is 2.15 bits per heavy atom. The van der Waals surface area contributed by atoms with E-state index in [0.29, 0.717) is 10.9 Å². The molecule has 0 saturated carbocycles. The van der Waals surface area contributed by atoms with Gasteiger partial charge < -0.3 is 10.2 Å². The van der Waals surface area contributed by atoms with Crippen molar-refractivity contribution < 1.29 is 9.18 Å². The fourth-order valence-corrected chi connectivity index (χ4v) is 2.77. The lowest BCUT2D eigenvalue weighted by molar-refractivity contribution is -0.129. The second-order valence-corrected chi connectivity index (χ2v) is 5.75. The first-order valence-corrected chi connectivity index (χ1v) is 7.33. The van der Waals surface area contributed by atoms with Crippen molar-refractivity contribution in [3.05, 3.63) is 34.6 Å².